The van der Waals surface area contributed by atoms with Crippen LogP contribution in [0.25, 0.3) is 0 Å². The van der Waals surface area contributed by atoms with Crippen molar-refractivity contribution in [1.82, 2.24) is 9.88 Å². The molecule has 0 spiro atoms. The van der Waals surface area contributed by atoms with Gasteiger partial charge in [0.15, 0.2) is 0 Å². The van der Waals surface area contributed by atoms with E-state index in [-0.39, 0.29) is 6.03 Å². The van der Waals surface area contributed by atoms with Crippen molar-refractivity contribution >= 4 is 11.8 Å². The molecule has 4 nitrogen and oxygen atoms in total. The third-order valence-electron chi connectivity index (χ3n) is 2.68. The number of nitrogens with zero attached hydrogens (tertiary/aromatic N) is 2. The van der Waals surface area contributed by atoms with Crippen LogP contribution in [-0.2, 0) is 0 Å². The zero-order valence-corrected chi connectivity index (χ0v) is 9.82. The Labute approximate surface area is 99.8 Å². The van der Waals surface area contributed by atoms with Crippen LogP contribution in [0.15, 0.2) is 18.3 Å². The molecule has 1 heterocycles. The molecule has 0 atom stereocenters. The summed E-state index contributed by atoms with van der Waals surface area (Å²) in [5, 5.41) is 2.68. The number of anilines is 1. The van der Waals surface area contributed by atoms with Crippen molar-refractivity contribution in [2.75, 3.05) is 11.9 Å². The molecule has 1 N–H and O–H groups in total. The number of pyridine rings is 1. The van der Waals surface area contributed by atoms with Crippen LogP contribution < -0.4 is 5.32 Å². The van der Waals surface area contributed by atoms with Crippen molar-refractivity contribution in [2.24, 2.45) is 0 Å². The lowest BCUT2D eigenvalue weighted by atomic mass is 10.4. The maximum Gasteiger partial charge on any atom is 0.323 e. The van der Waals surface area contributed by atoms with Gasteiger partial charge in [-0.15, -0.1) is 0 Å². The van der Waals surface area contributed by atoms with E-state index < -0.39 is 5.82 Å². The molecule has 1 aromatic rings. The van der Waals surface area contributed by atoms with Gasteiger partial charge in [0.2, 0.25) is 0 Å². The first kappa shape index (κ1) is 11.8. The highest BCUT2D eigenvalue weighted by atomic mass is 19.1. The molecule has 17 heavy (non-hydrogen) atoms. The summed E-state index contributed by atoms with van der Waals surface area (Å²) in [7, 11) is 0. The van der Waals surface area contributed by atoms with Crippen molar-refractivity contribution in [3.05, 3.63) is 24.1 Å². The van der Waals surface area contributed by atoms with E-state index in [2.05, 4.69) is 10.3 Å². The minimum absolute atomic E-state index is 0.145. The van der Waals surface area contributed by atoms with E-state index >= 15 is 0 Å². The number of carbonyl (C=O) groups excluding carboxylic acids is 1. The number of hydrogen-bond donors (Lipinski definition) is 1. The van der Waals surface area contributed by atoms with Crippen LogP contribution >= 0.6 is 0 Å². The van der Waals surface area contributed by atoms with E-state index in [1.54, 1.807) is 0 Å². The van der Waals surface area contributed by atoms with Gasteiger partial charge in [-0.1, -0.05) is 6.92 Å². The van der Waals surface area contributed by atoms with Crippen molar-refractivity contribution < 1.29 is 9.18 Å². The fourth-order valence-electron chi connectivity index (χ4n) is 1.71. The van der Waals surface area contributed by atoms with Crippen LogP contribution in [0, 0.1) is 5.82 Å². The summed E-state index contributed by atoms with van der Waals surface area (Å²) in [5.74, 6) is -0.0197. The van der Waals surface area contributed by atoms with E-state index in [0.717, 1.165) is 32.0 Å². The summed E-state index contributed by atoms with van der Waals surface area (Å²) >= 11 is 0. The summed E-state index contributed by atoms with van der Waals surface area (Å²) in [6.45, 7) is 2.79. The molecule has 0 aromatic carbocycles. The van der Waals surface area contributed by atoms with Crippen LogP contribution in [0.1, 0.15) is 26.2 Å². The second-order valence-electron chi connectivity index (χ2n) is 4.22. The van der Waals surface area contributed by atoms with Crippen molar-refractivity contribution in [1.29, 1.82) is 0 Å². The van der Waals surface area contributed by atoms with Crippen LogP contribution in [0.2, 0.25) is 0 Å². The Hall–Kier alpha value is -1.65. The predicted octanol–water partition coefficient (Wildman–Crippen LogP) is 2.63. The molecule has 2 rings (SSSR count). The lowest BCUT2D eigenvalue weighted by Gasteiger charge is -2.21. The van der Waals surface area contributed by atoms with E-state index in [1.807, 2.05) is 11.8 Å². The molecule has 1 aliphatic rings. The van der Waals surface area contributed by atoms with Crippen LogP contribution in [0.4, 0.5) is 15.0 Å². The van der Waals surface area contributed by atoms with Crippen LogP contribution in [-0.4, -0.2) is 28.5 Å². The van der Waals surface area contributed by atoms with Gasteiger partial charge in [-0.25, -0.2) is 14.2 Å². The predicted molar refractivity (Wildman–Crippen MR) is 63.2 cm³/mol. The molecule has 0 bridgehead atoms. The number of aromatic nitrogens is 1. The Morgan fingerprint density at radius 3 is 2.88 bits per heavy atom. The summed E-state index contributed by atoms with van der Waals surface area (Å²) < 4.78 is 12.7. The quantitative estimate of drug-likeness (QED) is 0.874. The summed E-state index contributed by atoms with van der Waals surface area (Å²) in [5.41, 5.74) is 0. The van der Waals surface area contributed by atoms with E-state index in [9.17, 15) is 9.18 Å². The molecule has 0 radical (unpaired) electrons. The fraction of sp³-hybridized carbons (Fsp3) is 0.500. The first-order chi connectivity index (χ1) is 8.20. The Morgan fingerprint density at radius 2 is 2.35 bits per heavy atom. The molecule has 1 saturated carbocycles. The number of hydrogen-bond acceptors (Lipinski definition) is 2. The number of amides is 2. The Morgan fingerprint density at radius 1 is 1.59 bits per heavy atom. The second-order valence-corrected chi connectivity index (χ2v) is 4.22. The Bertz CT molecular complexity index is 389. The molecular weight excluding hydrogens is 221 g/mol. The smallest absolute Gasteiger partial charge is 0.322 e. The largest absolute Gasteiger partial charge is 0.323 e. The first-order valence-electron chi connectivity index (χ1n) is 5.90. The maximum atomic E-state index is 12.7. The lowest BCUT2D eigenvalue weighted by molar-refractivity contribution is 0.209. The van der Waals surface area contributed by atoms with Crippen molar-refractivity contribution in [3.63, 3.8) is 0 Å². The van der Waals surface area contributed by atoms with Crippen LogP contribution in [0.3, 0.4) is 0 Å². The van der Waals surface area contributed by atoms with Gasteiger partial charge < -0.3 is 4.90 Å². The average molecular weight is 237 g/mol. The van der Waals surface area contributed by atoms with E-state index in [0.29, 0.717) is 11.9 Å². The van der Waals surface area contributed by atoms with Gasteiger partial charge in [0.1, 0.15) is 11.6 Å². The summed E-state index contributed by atoms with van der Waals surface area (Å²) in [6.07, 6.45) is 4.17. The molecule has 2 amide bonds. The third kappa shape index (κ3) is 3.15. The van der Waals surface area contributed by atoms with Gasteiger partial charge in [-0.05, 0) is 31.4 Å². The molecule has 5 heteroatoms. The molecule has 1 fully saturated rings. The normalized spacial score (nSPS) is 14.5. The van der Waals surface area contributed by atoms with Gasteiger partial charge in [0, 0.05) is 12.6 Å². The first-order valence-corrected chi connectivity index (χ1v) is 5.90. The molecule has 0 saturated heterocycles. The molecule has 0 aliphatic heterocycles. The molecular formula is C12H16FN3O. The fourth-order valence-corrected chi connectivity index (χ4v) is 1.71. The highest BCUT2D eigenvalue weighted by Crippen LogP contribution is 2.27. The number of halogens is 1. The number of urea groups is 1. The highest BCUT2D eigenvalue weighted by molar-refractivity contribution is 5.88. The zero-order valence-electron chi connectivity index (χ0n) is 9.82. The zero-order chi connectivity index (χ0) is 12.3. The Balaban J connectivity index is 1.96. The highest BCUT2D eigenvalue weighted by Gasteiger charge is 2.31. The molecule has 1 aliphatic carbocycles. The Kier molecular flexibility index (Phi) is 3.56. The van der Waals surface area contributed by atoms with Gasteiger partial charge in [-0.2, -0.15) is 0 Å². The number of rotatable bonds is 4. The van der Waals surface area contributed by atoms with Gasteiger partial charge in [0.25, 0.3) is 0 Å². The van der Waals surface area contributed by atoms with E-state index in [1.165, 1.54) is 12.1 Å². The topological polar surface area (TPSA) is 45.2 Å². The standard InChI is InChI=1S/C12H16FN3O/c1-2-7-16(10-4-5-10)12(17)15-11-6-3-9(13)8-14-11/h3,6,8,10H,2,4-5,7H2,1H3,(H,14,15,17). The summed E-state index contributed by atoms with van der Waals surface area (Å²) in [4.78, 5) is 17.6. The third-order valence-corrected chi connectivity index (χ3v) is 2.68. The molecule has 0 unspecified atom stereocenters. The second kappa shape index (κ2) is 5.12. The minimum atomic E-state index is -0.407. The van der Waals surface area contributed by atoms with Crippen LogP contribution in [0.5, 0.6) is 0 Å². The maximum absolute atomic E-state index is 12.7. The van der Waals surface area contributed by atoms with Gasteiger partial charge >= 0.3 is 6.03 Å². The average Bonchev–Trinajstić information content (AvgIpc) is 3.13. The SMILES string of the molecule is CCCN(C(=O)Nc1ccc(F)cn1)C1CC1. The van der Waals surface area contributed by atoms with Crippen molar-refractivity contribution in [2.45, 2.75) is 32.2 Å². The minimum Gasteiger partial charge on any atom is -0.322 e. The van der Waals surface area contributed by atoms with E-state index in [4.69, 9.17) is 0 Å². The van der Waals surface area contributed by atoms with Crippen molar-refractivity contribution in [3.8, 4) is 0 Å². The molecule has 92 valence electrons. The summed E-state index contributed by atoms with van der Waals surface area (Å²) in [6, 6.07) is 2.97. The number of carbonyl (C=O) groups is 1. The monoisotopic (exact) mass is 237 g/mol. The van der Waals surface area contributed by atoms with Gasteiger partial charge in [-0.3, -0.25) is 5.32 Å². The number of nitrogens with one attached hydrogen (secondary N) is 1. The van der Waals surface area contributed by atoms with Gasteiger partial charge in [0.05, 0.1) is 6.20 Å². The molecule has 1 aromatic heterocycles. The lowest BCUT2D eigenvalue weighted by Crippen LogP contribution is -2.37.